The first-order valence-corrected chi connectivity index (χ1v) is 4.50. The predicted molar refractivity (Wildman–Crippen MR) is 40.1 cm³/mol. The Kier molecular flexibility index (Phi) is 6.01. The van der Waals surface area contributed by atoms with Crippen molar-refractivity contribution in [1.29, 1.82) is 0 Å². The summed E-state index contributed by atoms with van der Waals surface area (Å²) in [6.07, 6.45) is 2.67. The maximum absolute atomic E-state index is 10.7. The Bertz CT molecular complexity index is 110. The third-order valence-electron chi connectivity index (χ3n) is 0.751. The summed E-state index contributed by atoms with van der Waals surface area (Å²) in [5, 5.41) is 0. The second-order valence-corrected chi connectivity index (χ2v) is 2.93. The van der Waals surface area contributed by atoms with Gasteiger partial charge in [-0.3, -0.25) is 4.57 Å². The topological polar surface area (TPSA) is 26.3 Å². The van der Waals surface area contributed by atoms with Crippen LogP contribution in [0.25, 0.3) is 0 Å². The molecule has 0 amide bonds. The molecule has 0 aliphatic carbocycles. The van der Waals surface area contributed by atoms with Crippen molar-refractivity contribution < 1.29 is 9.09 Å². The zero-order valence-corrected chi connectivity index (χ0v) is 6.89. The monoisotopic (exact) mass is 148 g/mol. The van der Waals surface area contributed by atoms with Crippen LogP contribution in [0, 0.1) is 0 Å². The van der Waals surface area contributed by atoms with E-state index in [2.05, 4.69) is 0 Å². The van der Waals surface area contributed by atoms with Gasteiger partial charge in [0.15, 0.2) is 0 Å². The highest BCUT2D eigenvalue weighted by atomic mass is 31.1. The van der Waals surface area contributed by atoms with E-state index in [1.165, 1.54) is 0 Å². The third-order valence-corrected chi connectivity index (χ3v) is 1.85. The summed E-state index contributed by atoms with van der Waals surface area (Å²) in [5.74, 6) is 1.60. The van der Waals surface area contributed by atoms with E-state index in [-0.39, 0.29) is 0 Å². The van der Waals surface area contributed by atoms with Gasteiger partial charge in [-0.05, 0) is 19.2 Å². The normalized spacial score (nSPS) is 14.4. The lowest BCUT2D eigenvalue weighted by Crippen LogP contribution is -1.79. The van der Waals surface area contributed by atoms with Crippen LogP contribution in [0.2, 0.25) is 0 Å². The van der Waals surface area contributed by atoms with E-state index in [0.29, 0.717) is 6.61 Å². The van der Waals surface area contributed by atoms with E-state index in [9.17, 15) is 4.57 Å². The second-order valence-electron chi connectivity index (χ2n) is 1.67. The average Bonchev–Trinajstić information content (AvgIpc) is 1.85. The van der Waals surface area contributed by atoms with E-state index in [1.54, 1.807) is 11.9 Å². The Labute approximate surface area is 56.8 Å². The molecule has 0 aromatic heterocycles. The highest BCUT2D eigenvalue weighted by Gasteiger charge is 1.88. The molecule has 0 bridgehead atoms. The van der Waals surface area contributed by atoms with Crippen LogP contribution >= 0.6 is 8.03 Å². The Hall–Kier alpha value is -0.0700. The minimum atomic E-state index is -1.83. The minimum absolute atomic E-state index is 0.599. The zero-order chi connectivity index (χ0) is 7.11. The molecule has 0 spiro atoms. The molecule has 0 N–H and O–H groups in total. The maximum atomic E-state index is 10.7. The minimum Gasteiger partial charge on any atom is -0.328 e. The smallest absolute Gasteiger partial charge is 0.213 e. The molecule has 1 unspecified atom stereocenters. The molecule has 0 fully saturated rings. The summed E-state index contributed by atoms with van der Waals surface area (Å²) < 4.78 is 15.6. The van der Waals surface area contributed by atoms with Gasteiger partial charge in [-0.2, -0.15) is 0 Å². The molecule has 0 aromatic rings. The molecular weight excluding hydrogens is 135 g/mol. The van der Waals surface area contributed by atoms with Crippen LogP contribution in [0.15, 0.2) is 11.9 Å². The highest BCUT2D eigenvalue weighted by Crippen LogP contribution is 2.23. The lowest BCUT2D eigenvalue weighted by Gasteiger charge is -1.94. The summed E-state index contributed by atoms with van der Waals surface area (Å²) in [6.45, 7) is 4.42. The molecule has 54 valence electrons. The Morgan fingerprint density at radius 1 is 1.67 bits per heavy atom. The fraction of sp³-hybridized carbons (Fsp3) is 0.667. The van der Waals surface area contributed by atoms with E-state index in [1.807, 2.05) is 13.8 Å². The van der Waals surface area contributed by atoms with Gasteiger partial charge in [-0.25, -0.2) is 0 Å². The predicted octanol–water partition coefficient (Wildman–Crippen LogP) is 2.42. The number of rotatable bonds is 4. The van der Waals surface area contributed by atoms with Crippen molar-refractivity contribution in [2.45, 2.75) is 20.3 Å². The number of hydrogen-bond acceptors (Lipinski definition) is 2. The van der Waals surface area contributed by atoms with Crippen molar-refractivity contribution in [3.63, 3.8) is 0 Å². The van der Waals surface area contributed by atoms with Gasteiger partial charge in [0.25, 0.3) is 0 Å². The van der Waals surface area contributed by atoms with Crippen LogP contribution in [-0.4, -0.2) is 6.61 Å². The molecule has 0 saturated heterocycles. The van der Waals surface area contributed by atoms with Crippen LogP contribution in [0.4, 0.5) is 0 Å². The van der Waals surface area contributed by atoms with Gasteiger partial charge >= 0.3 is 0 Å². The Morgan fingerprint density at radius 2 is 2.33 bits per heavy atom. The molecule has 0 rings (SSSR count). The number of allylic oxidation sites excluding steroid dienone is 1. The van der Waals surface area contributed by atoms with Gasteiger partial charge in [0.05, 0.1) is 6.61 Å². The average molecular weight is 148 g/mol. The number of hydrogen-bond donors (Lipinski definition) is 0. The van der Waals surface area contributed by atoms with Crippen LogP contribution in [0.1, 0.15) is 20.3 Å². The first-order chi connectivity index (χ1) is 4.31. The van der Waals surface area contributed by atoms with Crippen molar-refractivity contribution in [2.75, 3.05) is 6.61 Å². The maximum Gasteiger partial charge on any atom is 0.213 e. The third kappa shape index (κ3) is 5.81. The first kappa shape index (κ1) is 8.93. The van der Waals surface area contributed by atoms with Crippen molar-refractivity contribution >= 4 is 8.03 Å². The SMILES string of the molecule is CC=C[PH](=O)OCCC. The summed E-state index contributed by atoms with van der Waals surface area (Å²) in [4.78, 5) is 0. The highest BCUT2D eigenvalue weighted by molar-refractivity contribution is 7.42. The first-order valence-electron chi connectivity index (χ1n) is 3.10. The van der Waals surface area contributed by atoms with E-state index in [4.69, 9.17) is 4.52 Å². The second kappa shape index (κ2) is 6.06. The van der Waals surface area contributed by atoms with Gasteiger partial charge in [0.1, 0.15) is 0 Å². The largest absolute Gasteiger partial charge is 0.328 e. The zero-order valence-electron chi connectivity index (χ0n) is 5.89. The van der Waals surface area contributed by atoms with Gasteiger partial charge in [-0.1, -0.05) is 13.0 Å². The molecule has 2 nitrogen and oxygen atoms in total. The standard InChI is InChI=1S/C6H13O2P/c1-3-5-8-9(7)6-4-2/h4,6,9H,3,5H2,1-2H3. The molecular formula is C6H13O2P. The summed E-state index contributed by atoms with van der Waals surface area (Å²) in [7, 11) is -1.83. The molecule has 3 heteroatoms. The van der Waals surface area contributed by atoms with Crippen molar-refractivity contribution in [3.8, 4) is 0 Å². The van der Waals surface area contributed by atoms with Crippen molar-refractivity contribution in [3.05, 3.63) is 11.9 Å². The van der Waals surface area contributed by atoms with Gasteiger partial charge in [0.2, 0.25) is 8.03 Å². The molecule has 0 aromatic carbocycles. The van der Waals surface area contributed by atoms with E-state index < -0.39 is 8.03 Å². The molecule has 9 heavy (non-hydrogen) atoms. The summed E-state index contributed by atoms with van der Waals surface area (Å²) in [6, 6.07) is 0. The summed E-state index contributed by atoms with van der Waals surface area (Å²) in [5.41, 5.74) is 0. The van der Waals surface area contributed by atoms with Gasteiger partial charge in [0, 0.05) is 0 Å². The lowest BCUT2D eigenvalue weighted by atomic mass is 10.5. The molecule has 0 aliphatic rings. The summed E-state index contributed by atoms with van der Waals surface area (Å²) >= 11 is 0. The van der Waals surface area contributed by atoms with Crippen LogP contribution in [-0.2, 0) is 9.09 Å². The van der Waals surface area contributed by atoms with Crippen LogP contribution in [0.3, 0.4) is 0 Å². The quantitative estimate of drug-likeness (QED) is 0.572. The van der Waals surface area contributed by atoms with Gasteiger partial charge in [-0.15, -0.1) is 0 Å². The molecule has 0 radical (unpaired) electrons. The molecule has 0 aliphatic heterocycles. The fourth-order valence-corrected chi connectivity index (χ4v) is 1.16. The fourth-order valence-electron chi connectivity index (χ4n) is 0.387. The van der Waals surface area contributed by atoms with Gasteiger partial charge < -0.3 is 4.52 Å². The van der Waals surface area contributed by atoms with Crippen molar-refractivity contribution in [2.24, 2.45) is 0 Å². The van der Waals surface area contributed by atoms with E-state index >= 15 is 0 Å². The molecule has 1 atom stereocenters. The van der Waals surface area contributed by atoms with Crippen molar-refractivity contribution in [1.82, 2.24) is 0 Å². The van der Waals surface area contributed by atoms with Crippen LogP contribution < -0.4 is 0 Å². The van der Waals surface area contributed by atoms with E-state index in [0.717, 1.165) is 6.42 Å². The molecule has 0 saturated carbocycles. The Morgan fingerprint density at radius 3 is 2.78 bits per heavy atom. The molecule has 0 heterocycles. The Balaban J connectivity index is 3.27. The lowest BCUT2D eigenvalue weighted by molar-refractivity contribution is 0.334. The van der Waals surface area contributed by atoms with Crippen LogP contribution in [0.5, 0.6) is 0 Å².